The van der Waals surface area contributed by atoms with Crippen molar-refractivity contribution in [2.24, 2.45) is 5.73 Å². The van der Waals surface area contributed by atoms with Crippen molar-refractivity contribution in [3.8, 4) is 0 Å². The molecule has 2 unspecified atom stereocenters. The van der Waals surface area contributed by atoms with Gasteiger partial charge in [-0.25, -0.2) is 4.39 Å². The van der Waals surface area contributed by atoms with Crippen LogP contribution in [0.4, 0.5) is 4.39 Å². The lowest BCUT2D eigenvalue weighted by Gasteiger charge is -2.34. The second-order valence-electron chi connectivity index (χ2n) is 5.25. The van der Waals surface area contributed by atoms with Gasteiger partial charge < -0.3 is 10.6 Å². The van der Waals surface area contributed by atoms with Crippen molar-refractivity contribution in [2.75, 3.05) is 6.54 Å². The van der Waals surface area contributed by atoms with Crippen LogP contribution in [0.1, 0.15) is 44.2 Å². The maximum Gasteiger partial charge on any atom is 0.223 e. The lowest BCUT2D eigenvalue weighted by atomic mass is 9.96. The topological polar surface area (TPSA) is 46.3 Å². The highest BCUT2D eigenvalue weighted by Crippen LogP contribution is 2.34. The second-order valence-corrected chi connectivity index (χ2v) is 5.66. The van der Waals surface area contributed by atoms with Crippen LogP contribution >= 0.6 is 11.6 Å². The monoisotopic (exact) mass is 298 g/mol. The summed E-state index contributed by atoms with van der Waals surface area (Å²) in [5.74, 6) is -0.278. The standard InChI is InChI=1S/C15H20ClFN2O/c1-2-8-19-14(20)5-3-4-13(18)15(19)11-7-6-10(17)9-12(11)16/h6-7,9,13,15H,2-5,8,18H2,1H3. The van der Waals surface area contributed by atoms with E-state index in [-0.39, 0.29) is 23.8 Å². The molecule has 2 N–H and O–H groups in total. The molecule has 0 aliphatic carbocycles. The molecule has 3 nitrogen and oxygen atoms in total. The number of carbonyl (C=O) groups is 1. The first-order valence-electron chi connectivity index (χ1n) is 7.04. The number of likely N-dealkylation sites (tertiary alicyclic amines) is 1. The molecule has 1 heterocycles. The van der Waals surface area contributed by atoms with E-state index in [0.717, 1.165) is 24.8 Å². The molecule has 1 aromatic rings. The molecule has 0 saturated carbocycles. The number of halogens is 2. The Balaban J connectivity index is 2.42. The molecule has 20 heavy (non-hydrogen) atoms. The quantitative estimate of drug-likeness (QED) is 0.931. The normalized spacial score (nSPS) is 23.8. The summed E-state index contributed by atoms with van der Waals surface area (Å²) in [6, 6.07) is 3.86. The summed E-state index contributed by atoms with van der Waals surface area (Å²) in [6.07, 6.45) is 2.93. The molecule has 1 amide bonds. The molecule has 1 saturated heterocycles. The Morgan fingerprint density at radius 3 is 2.90 bits per heavy atom. The highest BCUT2D eigenvalue weighted by Gasteiger charge is 2.33. The van der Waals surface area contributed by atoms with E-state index in [2.05, 4.69) is 0 Å². The van der Waals surface area contributed by atoms with Gasteiger partial charge in [0.05, 0.1) is 6.04 Å². The number of hydrogen-bond donors (Lipinski definition) is 1. The number of carbonyl (C=O) groups excluding carboxylic acids is 1. The molecule has 5 heteroatoms. The summed E-state index contributed by atoms with van der Waals surface area (Å²) in [7, 11) is 0. The molecule has 110 valence electrons. The molecular weight excluding hydrogens is 279 g/mol. The van der Waals surface area contributed by atoms with E-state index < -0.39 is 0 Å². The van der Waals surface area contributed by atoms with Crippen molar-refractivity contribution in [3.63, 3.8) is 0 Å². The Bertz CT molecular complexity index is 495. The van der Waals surface area contributed by atoms with E-state index in [4.69, 9.17) is 17.3 Å². The van der Waals surface area contributed by atoms with Crippen molar-refractivity contribution in [2.45, 2.75) is 44.7 Å². The van der Waals surface area contributed by atoms with Gasteiger partial charge in [0.2, 0.25) is 5.91 Å². The minimum absolute atomic E-state index is 0.102. The van der Waals surface area contributed by atoms with Crippen molar-refractivity contribution in [3.05, 3.63) is 34.6 Å². The van der Waals surface area contributed by atoms with Gasteiger partial charge in [-0.05, 0) is 37.0 Å². The minimum atomic E-state index is -0.380. The summed E-state index contributed by atoms with van der Waals surface area (Å²) in [6.45, 7) is 2.66. The Hall–Kier alpha value is -1.13. The van der Waals surface area contributed by atoms with Crippen LogP contribution in [0, 0.1) is 5.82 Å². The van der Waals surface area contributed by atoms with E-state index >= 15 is 0 Å². The molecule has 0 spiro atoms. The maximum atomic E-state index is 13.2. The van der Waals surface area contributed by atoms with E-state index in [1.54, 1.807) is 11.0 Å². The number of rotatable bonds is 3. The van der Waals surface area contributed by atoms with Crippen LogP contribution in [-0.2, 0) is 4.79 Å². The number of amides is 1. The Morgan fingerprint density at radius 1 is 1.50 bits per heavy atom. The van der Waals surface area contributed by atoms with Gasteiger partial charge in [0.15, 0.2) is 0 Å². The Kier molecular flexibility index (Phi) is 5.00. The smallest absolute Gasteiger partial charge is 0.223 e. The summed E-state index contributed by atoms with van der Waals surface area (Å²) >= 11 is 6.16. The number of benzene rings is 1. The molecule has 1 aliphatic rings. The lowest BCUT2D eigenvalue weighted by Crippen LogP contribution is -2.42. The first-order valence-corrected chi connectivity index (χ1v) is 7.42. The van der Waals surface area contributed by atoms with Gasteiger partial charge in [-0.3, -0.25) is 4.79 Å². The molecule has 1 fully saturated rings. The van der Waals surface area contributed by atoms with Crippen LogP contribution in [0.2, 0.25) is 5.02 Å². The third kappa shape index (κ3) is 3.13. The van der Waals surface area contributed by atoms with Crippen molar-refractivity contribution in [1.29, 1.82) is 0 Å². The van der Waals surface area contributed by atoms with Crippen molar-refractivity contribution < 1.29 is 9.18 Å². The molecule has 2 rings (SSSR count). The molecule has 0 aromatic heterocycles. The summed E-state index contributed by atoms with van der Waals surface area (Å²) < 4.78 is 13.2. The van der Waals surface area contributed by atoms with E-state index in [9.17, 15) is 9.18 Å². The van der Waals surface area contributed by atoms with Gasteiger partial charge in [0, 0.05) is 24.0 Å². The van der Waals surface area contributed by atoms with Crippen LogP contribution in [0.15, 0.2) is 18.2 Å². The molecule has 2 atom stereocenters. The highest BCUT2D eigenvalue weighted by molar-refractivity contribution is 6.31. The third-order valence-corrected chi connectivity index (χ3v) is 4.06. The maximum absolute atomic E-state index is 13.2. The average molecular weight is 299 g/mol. The van der Waals surface area contributed by atoms with Gasteiger partial charge in [0.25, 0.3) is 0 Å². The summed E-state index contributed by atoms with van der Waals surface area (Å²) in [5, 5.41) is 0.334. The van der Waals surface area contributed by atoms with Crippen LogP contribution < -0.4 is 5.73 Å². The van der Waals surface area contributed by atoms with E-state index in [1.807, 2.05) is 6.92 Å². The average Bonchev–Trinajstić information content (AvgIpc) is 2.52. The number of nitrogens with two attached hydrogens (primary N) is 1. The van der Waals surface area contributed by atoms with Crippen LogP contribution in [0.25, 0.3) is 0 Å². The Labute approximate surface area is 123 Å². The van der Waals surface area contributed by atoms with E-state index in [1.165, 1.54) is 12.1 Å². The largest absolute Gasteiger partial charge is 0.334 e. The van der Waals surface area contributed by atoms with Crippen molar-refractivity contribution >= 4 is 17.5 Å². The first-order chi connectivity index (χ1) is 9.54. The van der Waals surface area contributed by atoms with Crippen LogP contribution in [0.5, 0.6) is 0 Å². The SMILES string of the molecule is CCCN1C(=O)CCCC(N)C1c1ccc(F)cc1Cl. The van der Waals surface area contributed by atoms with Crippen LogP contribution in [-0.4, -0.2) is 23.4 Å². The van der Waals surface area contributed by atoms with Gasteiger partial charge in [-0.2, -0.15) is 0 Å². The fourth-order valence-electron chi connectivity index (χ4n) is 2.82. The first kappa shape index (κ1) is 15.3. The van der Waals surface area contributed by atoms with Gasteiger partial charge in [0.1, 0.15) is 5.82 Å². The molecular formula is C15H20ClFN2O. The third-order valence-electron chi connectivity index (χ3n) is 3.74. The molecule has 0 bridgehead atoms. The van der Waals surface area contributed by atoms with Gasteiger partial charge in [-0.15, -0.1) is 0 Å². The molecule has 1 aliphatic heterocycles. The zero-order valence-electron chi connectivity index (χ0n) is 11.6. The predicted octanol–water partition coefficient (Wildman–Crippen LogP) is 3.27. The van der Waals surface area contributed by atoms with E-state index in [0.29, 0.717) is 18.0 Å². The lowest BCUT2D eigenvalue weighted by molar-refractivity contribution is -0.133. The predicted molar refractivity (Wildman–Crippen MR) is 78.0 cm³/mol. The minimum Gasteiger partial charge on any atom is -0.334 e. The van der Waals surface area contributed by atoms with Gasteiger partial charge >= 0.3 is 0 Å². The van der Waals surface area contributed by atoms with Crippen molar-refractivity contribution in [1.82, 2.24) is 4.90 Å². The fourth-order valence-corrected chi connectivity index (χ4v) is 3.10. The zero-order valence-corrected chi connectivity index (χ0v) is 12.4. The Morgan fingerprint density at radius 2 is 2.25 bits per heavy atom. The highest BCUT2D eigenvalue weighted by atomic mass is 35.5. The number of nitrogens with zero attached hydrogens (tertiary/aromatic N) is 1. The molecule has 0 radical (unpaired) electrons. The second kappa shape index (κ2) is 6.55. The summed E-state index contributed by atoms with van der Waals surface area (Å²) in [4.78, 5) is 14.1. The summed E-state index contributed by atoms with van der Waals surface area (Å²) in [5.41, 5.74) is 6.99. The molecule has 1 aromatic carbocycles. The zero-order chi connectivity index (χ0) is 14.7. The van der Waals surface area contributed by atoms with Gasteiger partial charge in [-0.1, -0.05) is 24.6 Å². The fraction of sp³-hybridized carbons (Fsp3) is 0.533. The number of hydrogen-bond acceptors (Lipinski definition) is 2. The van der Waals surface area contributed by atoms with Crippen LogP contribution in [0.3, 0.4) is 0 Å².